The van der Waals surface area contributed by atoms with Crippen LogP contribution in [0.5, 0.6) is 0 Å². The zero-order valence-electron chi connectivity index (χ0n) is 13.2. The van der Waals surface area contributed by atoms with Gasteiger partial charge in [-0.15, -0.1) is 0 Å². The van der Waals surface area contributed by atoms with Gasteiger partial charge in [0.2, 0.25) is 5.90 Å². The summed E-state index contributed by atoms with van der Waals surface area (Å²) in [6, 6.07) is 15.7. The smallest absolute Gasteiger partial charge is 0.222 e. The predicted octanol–water partition coefficient (Wildman–Crippen LogP) is 3.86. The van der Waals surface area contributed by atoms with Crippen molar-refractivity contribution in [2.75, 3.05) is 0 Å². The number of aromatic nitrogens is 1. The van der Waals surface area contributed by atoms with Crippen molar-refractivity contribution in [3.05, 3.63) is 77.1 Å². The standard InChI is InChI=1S/C20H16N2O2/c1-13-6-5-9-16-15(11-21-19(13)16)10-17-18(12-23)24-20(22-17)14-7-3-2-4-8-14/h2-12,18,21H,1H3. The molecule has 0 radical (unpaired) electrons. The first-order chi connectivity index (χ1) is 11.8. The van der Waals surface area contributed by atoms with Crippen LogP contribution in [0.1, 0.15) is 16.7 Å². The van der Waals surface area contributed by atoms with Crippen molar-refractivity contribution in [3.63, 3.8) is 0 Å². The van der Waals surface area contributed by atoms with E-state index in [4.69, 9.17) is 4.74 Å². The van der Waals surface area contributed by atoms with Gasteiger partial charge in [0.25, 0.3) is 0 Å². The van der Waals surface area contributed by atoms with E-state index in [1.807, 2.05) is 48.7 Å². The SMILES string of the molecule is Cc1cccc2c(C=C3N=C(c4ccccc4)OC3C=O)c[nH]c12. The van der Waals surface area contributed by atoms with Crippen LogP contribution in [0, 0.1) is 6.92 Å². The molecule has 4 heteroatoms. The van der Waals surface area contributed by atoms with Gasteiger partial charge in [-0.05, 0) is 30.7 Å². The topological polar surface area (TPSA) is 54.4 Å². The molecule has 1 N–H and O–H groups in total. The highest BCUT2D eigenvalue weighted by molar-refractivity contribution is 5.99. The normalized spacial score (nSPS) is 18.6. The van der Waals surface area contributed by atoms with Crippen LogP contribution < -0.4 is 0 Å². The Morgan fingerprint density at radius 2 is 1.96 bits per heavy atom. The molecule has 0 fully saturated rings. The highest BCUT2D eigenvalue weighted by atomic mass is 16.5. The minimum Gasteiger partial charge on any atom is -0.460 e. The van der Waals surface area contributed by atoms with Crippen molar-refractivity contribution in [3.8, 4) is 0 Å². The van der Waals surface area contributed by atoms with Crippen LogP contribution in [0.15, 0.2) is 65.4 Å². The second-order valence-electron chi connectivity index (χ2n) is 5.77. The number of ether oxygens (including phenoxy) is 1. The number of nitrogens with zero attached hydrogens (tertiary/aromatic N) is 1. The van der Waals surface area contributed by atoms with E-state index in [1.165, 1.54) is 5.56 Å². The largest absolute Gasteiger partial charge is 0.460 e. The highest BCUT2D eigenvalue weighted by Gasteiger charge is 2.26. The number of hydrogen-bond donors (Lipinski definition) is 1. The van der Waals surface area contributed by atoms with Crippen LogP contribution in [0.25, 0.3) is 17.0 Å². The van der Waals surface area contributed by atoms with Crippen LogP contribution >= 0.6 is 0 Å². The minimum atomic E-state index is -0.671. The Kier molecular flexibility index (Phi) is 3.50. The van der Waals surface area contributed by atoms with Crippen molar-refractivity contribution in [2.24, 2.45) is 4.99 Å². The molecule has 24 heavy (non-hydrogen) atoms. The maximum atomic E-state index is 11.4. The number of H-pyrrole nitrogens is 1. The Balaban J connectivity index is 1.78. The van der Waals surface area contributed by atoms with Gasteiger partial charge in [-0.25, -0.2) is 4.99 Å². The molecule has 1 aromatic heterocycles. The summed E-state index contributed by atoms with van der Waals surface area (Å²) in [6.07, 6.45) is 3.95. The summed E-state index contributed by atoms with van der Waals surface area (Å²) in [7, 11) is 0. The summed E-state index contributed by atoms with van der Waals surface area (Å²) in [5, 5.41) is 1.11. The summed E-state index contributed by atoms with van der Waals surface area (Å²) >= 11 is 0. The maximum absolute atomic E-state index is 11.4. The van der Waals surface area contributed by atoms with Crippen molar-refractivity contribution in [1.82, 2.24) is 4.98 Å². The van der Waals surface area contributed by atoms with E-state index >= 15 is 0 Å². The Bertz CT molecular complexity index is 968. The van der Waals surface area contributed by atoms with E-state index in [9.17, 15) is 4.79 Å². The van der Waals surface area contributed by atoms with Crippen LogP contribution in [-0.2, 0) is 9.53 Å². The maximum Gasteiger partial charge on any atom is 0.222 e. The van der Waals surface area contributed by atoms with Crippen LogP contribution in [0.3, 0.4) is 0 Å². The monoisotopic (exact) mass is 316 g/mol. The summed E-state index contributed by atoms with van der Waals surface area (Å²) < 4.78 is 5.70. The first-order valence-electron chi connectivity index (χ1n) is 7.80. The molecule has 4 nitrogen and oxygen atoms in total. The average Bonchev–Trinajstić information content (AvgIpc) is 3.21. The number of hydrogen-bond acceptors (Lipinski definition) is 3. The lowest BCUT2D eigenvalue weighted by molar-refractivity contribution is -0.112. The number of nitrogens with one attached hydrogen (secondary N) is 1. The first kappa shape index (κ1) is 14.5. The van der Waals surface area contributed by atoms with Gasteiger partial charge in [0, 0.05) is 28.2 Å². The molecule has 1 unspecified atom stereocenters. The van der Waals surface area contributed by atoms with E-state index in [0.29, 0.717) is 11.6 Å². The summed E-state index contributed by atoms with van der Waals surface area (Å²) in [6.45, 7) is 2.06. The van der Waals surface area contributed by atoms with Crippen LogP contribution in [0.4, 0.5) is 0 Å². The quantitative estimate of drug-likeness (QED) is 0.746. The number of rotatable bonds is 3. The zero-order valence-corrected chi connectivity index (χ0v) is 13.2. The Morgan fingerprint density at radius 3 is 2.75 bits per heavy atom. The fourth-order valence-corrected chi connectivity index (χ4v) is 2.92. The molecule has 2 aromatic carbocycles. The number of carbonyl (C=O) groups excluding carboxylic acids is 1. The number of fused-ring (bicyclic) bond motifs is 1. The number of aryl methyl sites for hydroxylation is 1. The summed E-state index contributed by atoms with van der Waals surface area (Å²) in [5.41, 5.74) is 4.75. The molecule has 4 rings (SSSR count). The summed E-state index contributed by atoms with van der Waals surface area (Å²) in [4.78, 5) is 19.2. The Morgan fingerprint density at radius 1 is 1.12 bits per heavy atom. The number of benzene rings is 2. The predicted molar refractivity (Wildman–Crippen MR) is 94.9 cm³/mol. The lowest BCUT2D eigenvalue weighted by atomic mass is 10.1. The molecule has 0 spiro atoms. The molecule has 118 valence electrons. The van der Waals surface area contributed by atoms with E-state index in [1.54, 1.807) is 0 Å². The van der Waals surface area contributed by atoms with Crippen molar-refractivity contribution in [2.45, 2.75) is 13.0 Å². The lowest BCUT2D eigenvalue weighted by Gasteiger charge is -2.04. The third kappa shape index (κ3) is 2.42. The van der Waals surface area contributed by atoms with Gasteiger partial charge < -0.3 is 9.72 Å². The number of para-hydroxylation sites is 1. The highest BCUT2D eigenvalue weighted by Crippen LogP contribution is 2.27. The van der Waals surface area contributed by atoms with Crippen LogP contribution in [0.2, 0.25) is 0 Å². The van der Waals surface area contributed by atoms with Gasteiger partial charge in [0.05, 0.1) is 5.70 Å². The molecular weight excluding hydrogens is 300 g/mol. The van der Waals surface area contributed by atoms with Gasteiger partial charge in [-0.2, -0.15) is 0 Å². The van der Waals surface area contributed by atoms with Gasteiger partial charge >= 0.3 is 0 Å². The van der Waals surface area contributed by atoms with Gasteiger partial charge in [-0.3, -0.25) is 4.79 Å². The molecule has 0 saturated heterocycles. The molecule has 0 amide bonds. The van der Waals surface area contributed by atoms with Crippen molar-refractivity contribution >= 4 is 29.2 Å². The third-order valence-electron chi connectivity index (χ3n) is 4.16. The Labute approximate surface area is 139 Å². The third-order valence-corrected chi connectivity index (χ3v) is 4.16. The van der Waals surface area contributed by atoms with Crippen LogP contribution in [-0.4, -0.2) is 23.3 Å². The summed E-state index contributed by atoms with van der Waals surface area (Å²) in [5.74, 6) is 0.481. The zero-order chi connectivity index (χ0) is 16.5. The van der Waals surface area contributed by atoms with Gasteiger partial charge in [0.1, 0.15) is 0 Å². The average molecular weight is 316 g/mol. The molecule has 0 aliphatic carbocycles. The molecule has 1 aliphatic rings. The number of aromatic amines is 1. The van der Waals surface area contributed by atoms with E-state index in [0.717, 1.165) is 28.3 Å². The van der Waals surface area contributed by atoms with Crippen molar-refractivity contribution < 1.29 is 9.53 Å². The molecule has 1 atom stereocenters. The molecule has 0 saturated carbocycles. The fourth-order valence-electron chi connectivity index (χ4n) is 2.92. The minimum absolute atomic E-state index is 0.481. The number of carbonyl (C=O) groups is 1. The second kappa shape index (κ2) is 5.81. The molecule has 2 heterocycles. The second-order valence-corrected chi connectivity index (χ2v) is 5.77. The molecular formula is C20H16N2O2. The van der Waals surface area contributed by atoms with E-state index < -0.39 is 6.10 Å². The van der Waals surface area contributed by atoms with Gasteiger partial charge in [0.15, 0.2) is 12.4 Å². The van der Waals surface area contributed by atoms with Gasteiger partial charge in [-0.1, -0.05) is 36.4 Å². The lowest BCUT2D eigenvalue weighted by Crippen LogP contribution is -2.13. The Hall–Kier alpha value is -3.14. The van der Waals surface area contributed by atoms with E-state index in [2.05, 4.69) is 29.0 Å². The number of aldehydes is 1. The fraction of sp³-hybridized carbons (Fsp3) is 0.100. The number of aliphatic imine (C=N–C) groups is 1. The first-order valence-corrected chi connectivity index (χ1v) is 7.80. The molecule has 3 aromatic rings. The molecule has 0 bridgehead atoms. The van der Waals surface area contributed by atoms with Crippen molar-refractivity contribution in [1.29, 1.82) is 0 Å². The molecule has 1 aliphatic heterocycles. The van der Waals surface area contributed by atoms with E-state index in [-0.39, 0.29) is 0 Å².